The van der Waals surface area contributed by atoms with E-state index in [1.165, 1.54) is 0 Å². The van der Waals surface area contributed by atoms with Gasteiger partial charge in [-0.25, -0.2) is 4.39 Å². The molecule has 1 nitrogen and oxygen atoms in total. The lowest BCUT2D eigenvalue weighted by Gasteiger charge is -2.07. The highest BCUT2D eigenvalue weighted by atomic mass is 35.5. The summed E-state index contributed by atoms with van der Waals surface area (Å²) in [4.78, 5) is 0. The summed E-state index contributed by atoms with van der Waals surface area (Å²) in [5.41, 5.74) is 0. The van der Waals surface area contributed by atoms with Crippen LogP contribution in [0.15, 0.2) is 0 Å². The number of hydrogen-bond acceptors (Lipinski definition) is 1. The molecule has 1 unspecified atom stereocenters. The summed E-state index contributed by atoms with van der Waals surface area (Å²) >= 11 is 5.83. The van der Waals surface area contributed by atoms with Gasteiger partial charge in [-0.2, -0.15) is 0 Å². The minimum atomic E-state index is -0.310. The summed E-state index contributed by atoms with van der Waals surface area (Å²) < 4.78 is 11.5. The highest BCUT2D eigenvalue weighted by Crippen LogP contribution is 2.02. The van der Waals surface area contributed by atoms with Gasteiger partial charge in [-0.05, 0) is 6.42 Å². The Bertz CT molecular complexity index is 70.6. The van der Waals surface area contributed by atoms with E-state index in [1.54, 1.807) is 0 Å². The molecule has 0 bridgehead atoms. The molecule has 0 radical (unpaired) electrons. The van der Waals surface area contributed by atoms with Crippen LogP contribution >= 0.6 is 11.6 Å². The van der Waals surface area contributed by atoms with Crippen molar-refractivity contribution in [1.82, 2.24) is 5.32 Å². The van der Waals surface area contributed by atoms with E-state index < -0.39 is 0 Å². The number of rotatable bonds is 6. The van der Waals surface area contributed by atoms with E-state index in [9.17, 15) is 4.39 Å². The zero-order valence-electron chi connectivity index (χ0n) is 6.37. The highest BCUT2D eigenvalue weighted by molar-refractivity contribution is 6.20. The lowest BCUT2D eigenvalue weighted by molar-refractivity contribution is 0.464. The Balaban J connectivity index is 2.97. The minimum Gasteiger partial charge on any atom is -0.313 e. The third-order valence-corrected chi connectivity index (χ3v) is 1.61. The Morgan fingerprint density at radius 2 is 2.30 bits per heavy atom. The lowest BCUT2D eigenvalue weighted by atomic mass is 10.2. The fourth-order valence-corrected chi connectivity index (χ4v) is 1.07. The minimum absolute atomic E-state index is 0.163. The molecule has 3 heteroatoms. The normalized spacial score (nSPS) is 13.5. The summed E-state index contributed by atoms with van der Waals surface area (Å²) in [6, 6.07) is 0. The predicted octanol–water partition coefficient (Wildman–Crippen LogP) is 1.95. The van der Waals surface area contributed by atoms with Gasteiger partial charge in [-0.15, -0.1) is 11.6 Å². The van der Waals surface area contributed by atoms with Crippen molar-refractivity contribution < 1.29 is 4.39 Å². The Hall–Kier alpha value is 0.180. The first kappa shape index (κ1) is 10.2. The Morgan fingerprint density at radius 3 is 2.80 bits per heavy atom. The summed E-state index contributed by atoms with van der Waals surface area (Å²) in [5.74, 6) is 0. The van der Waals surface area contributed by atoms with Crippen LogP contribution in [-0.4, -0.2) is 25.1 Å². The van der Waals surface area contributed by atoms with Gasteiger partial charge >= 0.3 is 0 Å². The van der Waals surface area contributed by atoms with Crippen LogP contribution in [0.4, 0.5) is 4.39 Å². The standard InChI is InChI=1S/C7H15ClFN/c1-2-3-7(8)6-10-5-4-9/h7,10H,2-6H2,1H3. The van der Waals surface area contributed by atoms with E-state index in [0.29, 0.717) is 6.54 Å². The highest BCUT2D eigenvalue weighted by Gasteiger charge is 2.00. The number of hydrogen-bond donors (Lipinski definition) is 1. The summed E-state index contributed by atoms with van der Waals surface area (Å²) in [6.07, 6.45) is 2.09. The molecule has 0 aliphatic heterocycles. The fraction of sp³-hybridized carbons (Fsp3) is 1.00. The molecule has 0 heterocycles. The Morgan fingerprint density at radius 1 is 1.60 bits per heavy atom. The maximum Gasteiger partial charge on any atom is 0.102 e. The number of nitrogens with one attached hydrogen (secondary N) is 1. The average Bonchev–Trinajstić information content (AvgIpc) is 1.89. The summed E-state index contributed by atoms with van der Waals surface area (Å²) in [5, 5.41) is 3.08. The first-order valence-electron chi connectivity index (χ1n) is 3.72. The van der Waals surface area contributed by atoms with E-state index in [1.807, 2.05) is 0 Å². The van der Waals surface area contributed by atoms with Gasteiger partial charge < -0.3 is 5.32 Å². The van der Waals surface area contributed by atoms with Gasteiger partial charge in [-0.3, -0.25) is 0 Å². The first-order valence-corrected chi connectivity index (χ1v) is 4.15. The van der Waals surface area contributed by atoms with Crippen molar-refractivity contribution in [1.29, 1.82) is 0 Å². The number of halogens is 2. The zero-order valence-corrected chi connectivity index (χ0v) is 7.12. The van der Waals surface area contributed by atoms with E-state index >= 15 is 0 Å². The second-order valence-corrected chi connectivity index (χ2v) is 2.90. The predicted molar refractivity (Wildman–Crippen MR) is 43.4 cm³/mol. The van der Waals surface area contributed by atoms with Crippen LogP contribution < -0.4 is 5.32 Å². The third kappa shape index (κ3) is 6.30. The fourth-order valence-electron chi connectivity index (χ4n) is 0.741. The molecule has 1 atom stereocenters. The van der Waals surface area contributed by atoms with Crippen molar-refractivity contribution >= 4 is 11.6 Å². The molecule has 0 spiro atoms. The molecule has 0 amide bonds. The lowest BCUT2D eigenvalue weighted by Crippen LogP contribution is -2.24. The Kier molecular flexibility index (Phi) is 7.42. The number of alkyl halides is 2. The second-order valence-electron chi connectivity index (χ2n) is 2.28. The molecule has 0 rings (SSSR count). The van der Waals surface area contributed by atoms with Crippen molar-refractivity contribution in [3.05, 3.63) is 0 Å². The van der Waals surface area contributed by atoms with Gasteiger partial charge in [0.25, 0.3) is 0 Å². The summed E-state index contributed by atoms with van der Waals surface area (Å²) in [7, 11) is 0. The van der Waals surface area contributed by atoms with E-state index in [4.69, 9.17) is 11.6 Å². The van der Waals surface area contributed by atoms with Gasteiger partial charge in [-0.1, -0.05) is 13.3 Å². The van der Waals surface area contributed by atoms with Crippen LogP contribution in [0.25, 0.3) is 0 Å². The zero-order chi connectivity index (χ0) is 7.82. The third-order valence-electron chi connectivity index (χ3n) is 1.24. The van der Waals surface area contributed by atoms with Gasteiger partial charge in [0.1, 0.15) is 6.67 Å². The molecular weight excluding hydrogens is 153 g/mol. The van der Waals surface area contributed by atoms with Crippen molar-refractivity contribution in [2.45, 2.75) is 25.1 Å². The van der Waals surface area contributed by atoms with Gasteiger partial charge in [0.15, 0.2) is 0 Å². The molecule has 0 saturated heterocycles. The largest absolute Gasteiger partial charge is 0.313 e. The maximum atomic E-state index is 11.5. The smallest absolute Gasteiger partial charge is 0.102 e. The van der Waals surface area contributed by atoms with Crippen LogP contribution in [0.5, 0.6) is 0 Å². The van der Waals surface area contributed by atoms with Crippen LogP contribution in [0, 0.1) is 0 Å². The molecule has 0 fully saturated rings. The van der Waals surface area contributed by atoms with Crippen molar-refractivity contribution in [2.24, 2.45) is 0 Å². The monoisotopic (exact) mass is 167 g/mol. The molecule has 10 heavy (non-hydrogen) atoms. The van der Waals surface area contributed by atoms with Crippen LogP contribution in [0.3, 0.4) is 0 Å². The van der Waals surface area contributed by atoms with Crippen LogP contribution in [0.1, 0.15) is 19.8 Å². The van der Waals surface area contributed by atoms with Crippen molar-refractivity contribution in [3.63, 3.8) is 0 Å². The van der Waals surface area contributed by atoms with Gasteiger partial charge in [0, 0.05) is 18.5 Å². The van der Waals surface area contributed by atoms with Crippen molar-refractivity contribution in [3.8, 4) is 0 Å². The molecule has 62 valence electrons. The van der Waals surface area contributed by atoms with E-state index in [2.05, 4.69) is 12.2 Å². The molecule has 0 aliphatic carbocycles. The second kappa shape index (κ2) is 7.29. The SMILES string of the molecule is CCCC(Cl)CNCCF. The molecular formula is C7H15ClFN. The molecule has 0 saturated carbocycles. The summed E-state index contributed by atoms with van der Waals surface area (Å²) in [6.45, 7) is 2.92. The molecule has 0 aromatic heterocycles. The van der Waals surface area contributed by atoms with Crippen LogP contribution in [0.2, 0.25) is 0 Å². The average molecular weight is 168 g/mol. The molecule has 0 aliphatic rings. The quantitative estimate of drug-likeness (QED) is 0.471. The van der Waals surface area contributed by atoms with Gasteiger partial charge in [0.05, 0.1) is 0 Å². The van der Waals surface area contributed by atoms with Gasteiger partial charge in [0.2, 0.25) is 0 Å². The maximum absolute atomic E-state index is 11.5. The first-order chi connectivity index (χ1) is 4.81. The van der Waals surface area contributed by atoms with E-state index in [-0.39, 0.29) is 12.1 Å². The van der Waals surface area contributed by atoms with E-state index in [0.717, 1.165) is 19.4 Å². The van der Waals surface area contributed by atoms with Crippen LogP contribution in [-0.2, 0) is 0 Å². The van der Waals surface area contributed by atoms with Crippen molar-refractivity contribution in [2.75, 3.05) is 19.8 Å². The molecule has 0 aromatic rings. The molecule has 0 aromatic carbocycles. The topological polar surface area (TPSA) is 12.0 Å². The molecule has 1 N–H and O–H groups in total. The Labute approximate surface area is 66.9 Å².